The molecule has 1 aromatic rings. The molecule has 1 N–H and O–H groups in total. The van der Waals surface area contributed by atoms with Crippen molar-refractivity contribution in [1.29, 1.82) is 0 Å². The summed E-state index contributed by atoms with van der Waals surface area (Å²) in [6.07, 6.45) is 6.86. The van der Waals surface area contributed by atoms with Crippen molar-refractivity contribution in [3.63, 3.8) is 0 Å². The molecule has 2 saturated carbocycles. The highest BCUT2D eigenvalue weighted by molar-refractivity contribution is 14.1. The number of phenols is 1. The second kappa shape index (κ2) is 5.51. The van der Waals surface area contributed by atoms with Gasteiger partial charge >= 0.3 is 0 Å². The van der Waals surface area contributed by atoms with Gasteiger partial charge in [0.2, 0.25) is 0 Å². The molecule has 1 heterocycles. The molecule has 4 aliphatic carbocycles. The number of benzene rings is 1. The van der Waals surface area contributed by atoms with Crippen LogP contribution >= 0.6 is 45.2 Å². The van der Waals surface area contributed by atoms with Gasteiger partial charge in [0.05, 0.1) is 21.6 Å². The average molecular weight is 560 g/mol. The molecule has 25 heavy (non-hydrogen) atoms. The van der Waals surface area contributed by atoms with Crippen LogP contribution in [0.3, 0.4) is 0 Å². The summed E-state index contributed by atoms with van der Waals surface area (Å²) >= 11 is 4.20. The molecule has 7 heteroatoms. The Morgan fingerprint density at radius 2 is 1.68 bits per heavy atom. The Balaban J connectivity index is 1.47. The lowest BCUT2D eigenvalue weighted by atomic mass is 9.63. The smallest absolute Gasteiger partial charge is 0.254 e. The molecule has 1 aromatic carbocycles. The Labute approximate surface area is 171 Å². The van der Waals surface area contributed by atoms with E-state index >= 15 is 0 Å². The van der Waals surface area contributed by atoms with Crippen molar-refractivity contribution < 1.29 is 14.7 Å². The molecule has 2 amide bonds. The second-order valence-corrected chi connectivity index (χ2v) is 9.62. The fourth-order valence-corrected chi connectivity index (χ4v) is 6.75. The number of carbonyl (C=O) groups is 2. The third-order valence-electron chi connectivity index (χ3n) is 6.01. The van der Waals surface area contributed by atoms with E-state index in [9.17, 15) is 14.7 Å². The molecule has 0 radical (unpaired) electrons. The Hall–Kier alpha value is -0.970. The monoisotopic (exact) mass is 560 g/mol. The minimum absolute atomic E-state index is 0.115. The highest BCUT2D eigenvalue weighted by atomic mass is 127. The first-order valence-electron chi connectivity index (χ1n) is 8.25. The maximum absolute atomic E-state index is 12.8. The Kier molecular flexibility index (Phi) is 3.58. The van der Waals surface area contributed by atoms with E-state index in [2.05, 4.69) is 39.8 Å². The molecular formula is C18H14I2N2O3. The first-order valence-corrected chi connectivity index (χ1v) is 10.4. The van der Waals surface area contributed by atoms with E-state index in [1.165, 1.54) is 6.21 Å². The molecule has 0 spiro atoms. The molecule has 5 nitrogen and oxygen atoms in total. The number of allylic oxidation sites excluding steroid dienone is 2. The topological polar surface area (TPSA) is 70.0 Å². The molecule has 1 aliphatic heterocycles. The molecule has 3 fully saturated rings. The molecule has 2 bridgehead atoms. The number of halogens is 2. The van der Waals surface area contributed by atoms with Crippen molar-refractivity contribution in [1.82, 2.24) is 5.01 Å². The molecule has 6 rings (SSSR count). The van der Waals surface area contributed by atoms with Crippen LogP contribution in [0.5, 0.6) is 5.75 Å². The number of phenolic OH excluding ortho intramolecular Hbond substituents is 1. The van der Waals surface area contributed by atoms with Crippen molar-refractivity contribution >= 4 is 63.2 Å². The third-order valence-corrected chi connectivity index (χ3v) is 7.45. The summed E-state index contributed by atoms with van der Waals surface area (Å²) in [5, 5.41) is 15.4. The van der Waals surface area contributed by atoms with Crippen molar-refractivity contribution in [2.45, 2.75) is 6.42 Å². The fourth-order valence-electron chi connectivity index (χ4n) is 4.86. The largest absolute Gasteiger partial charge is 0.506 e. The van der Waals surface area contributed by atoms with Gasteiger partial charge in [-0.1, -0.05) is 12.2 Å². The van der Waals surface area contributed by atoms with Crippen LogP contribution in [0.1, 0.15) is 12.0 Å². The third kappa shape index (κ3) is 2.27. The van der Waals surface area contributed by atoms with Gasteiger partial charge in [-0.2, -0.15) is 10.1 Å². The first-order chi connectivity index (χ1) is 12.0. The van der Waals surface area contributed by atoms with Crippen LogP contribution in [0.15, 0.2) is 29.4 Å². The molecular weight excluding hydrogens is 546 g/mol. The summed E-state index contributed by atoms with van der Waals surface area (Å²) in [4.78, 5) is 25.7. The second-order valence-electron chi connectivity index (χ2n) is 7.21. The van der Waals surface area contributed by atoms with E-state index in [0.717, 1.165) is 15.0 Å². The standard InChI is InChI=1S/C18H14I2N2O3/c19-8-3-7(16(23)13(20)4-8)6-21-22-17(24)14-9-1-2-10(12-5-11(9)12)15(14)18(22)25/h1-4,6,9-12,14-15,23H,5H2/b21-6-/t9-,10-,11-,12+,14+,15+/m0/s1. The van der Waals surface area contributed by atoms with Crippen LogP contribution in [0.2, 0.25) is 0 Å². The van der Waals surface area contributed by atoms with Crippen molar-refractivity contribution in [3.8, 4) is 5.75 Å². The van der Waals surface area contributed by atoms with Crippen LogP contribution in [0.25, 0.3) is 0 Å². The summed E-state index contributed by atoms with van der Waals surface area (Å²) in [5.41, 5.74) is 0.510. The lowest BCUT2D eigenvalue weighted by molar-refractivity contribution is -0.140. The van der Waals surface area contributed by atoms with Gasteiger partial charge in [0.15, 0.2) is 0 Å². The highest BCUT2D eigenvalue weighted by Crippen LogP contribution is 2.65. The zero-order valence-corrected chi connectivity index (χ0v) is 17.3. The van der Waals surface area contributed by atoms with Gasteiger partial charge in [0.1, 0.15) is 5.75 Å². The number of carbonyl (C=O) groups excluding carboxylic acids is 2. The van der Waals surface area contributed by atoms with Gasteiger partial charge in [-0.3, -0.25) is 9.59 Å². The van der Waals surface area contributed by atoms with Gasteiger partial charge in [0.25, 0.3) is 11.8 Å². The number of nitrogens with zero attached hydrogens (tertiary/aromatic N) is 2. The van der Waals surface area contributed by atoms with E-state index in [1.54, 1.807) is 6.07 Å². The normalized spacial score (nSPS) is 37.8. The van der Waals surface area contributed by atoms with Gasteiger partial charge < -0.3 is 5.11 Å². The van der Waals surface area contributed by atoms with E-state index < -0.39 is 0 Å². The summed E-state index contributed by atoms with van der Waals surface area (Å²) in [6.45, 7) is 0. The van der Waals surface area contributed by atoms with Crippen molar-refractivity contribution in [2.24, 2.45) is 40.6 Å². The first kappa shape index (κ1) is 16.2. The Morgan fingerprint density at radius 1 is 1.08 bits per heavy atom. The zero-order chi connectivity index (χ0) is 17.5. The lowest BCUT2D eigenvalue weighted by Crippen LogP contribution is -2.40. The van der Waals surface area contributed by atoms with Gasteiger partial charge in [-0.25, -0.2) is 0 Å². The van der Waals surface area contributed by atoms with E-state index in [0.29, 0.717) is 21.0 Å². The van der Waals surface area contributed by atoms with Crippen LogP contribution in [0, 0.1) is 42.6 Å². The molecule has 0 aromatic heterocycles. The number of aromatic hydroxyl groups is 1. The van der Waals surface area contributed by atoms with Crippen LogP contribution in [0.4, 0.5) is 0 Å². The molecule has 0 unspecified atom stereocenters. The Bertz CT molecular complexity index is 845. The minimum atomic E-state index is -0.243. The number of hydrogen-bond donors (Lipinski definition) is 1. The van der Waals surface area contributed by atoms with E-state index in [-0.39, 0.29) is 41.2 Å². The van der Waals surface area contributed by atoms with Crippen molar-refractivity contribution in [2.75, 3.05) is 0 Å². The van der Waals surface area contributed by atoms with Crippen LogP contribution in [-0.2, 0) is 9.59 Å². The number of hydrogen-bond acceptors (Lipinski definition) is 4. The average Bonchev–Trinajstić information content (AvgIpc) is 3.36. The maximum Gasteiger partial charge on any atom is 0.254 e. The van der Waals surface area contributed by atoms with E-state index in [1.807, 2.05) is 28.7 Å². The zero-order valence-electron chi connectivity index (χ0n) is 13.0. The summed E-state index contributed by atoms with van der Waals surface area (Å²) < 4.78 is 1.66. The predicted octanol–water partition coefficient (Wildman–Crippen LogP) is 2.99. The van der Waals surface area contributed by atoms with Crippen LogP contribution < -0.4 is 0 Å². The summed E-state index contributed by atoms with van der Waals surface area (Å²) in [6, 6.07) is 3.63. The number of rotatable bonds is 2. The number of amides is 2. The molecule has 5 aliphatic rings. The van der Waals surface area contributed by atoms with Crippen molar-refractivity contribution in [3.05, 3.63) is 37.0 Å². The van der Waals surface area contributed by atoms with Crippen LogP contribution in [-0.4, -0.2) is 28.1 Å². The van der Waals surface area contributed by atoms with E-state index in [4.69, 9.17) is 0 Å². The number of imide groups is 1. The number of hydrazone groups is 1. The molecule has 128 valence electrons. The highest BCUT2D eigenvalue weighted by Gasteiger charge is 2.67. The maximum atomic E-state index is 12.8. The molecule has 1 saturated heterocycles. The SMILES string of the molecule is O=C1[C@@H]2[C@H]3C=C[C@@H]([C@@H]4C[C@H]34)[C@H]2C(=O)N1/N=C\c1cc(I)cc(I)c1O. The van der Waals surface area contributed by atoms with Gasteiger partial charge in [-0.15, -0.1) is 0 Å². The summed E-state index contributed by atoms with van der Waals surface area (Å²) in [7, 11) is 0. The molecule has 6 atom stereocenters. The lowest BCUT2D eigenvalue weighted by Gasteiger charge is -2.37. The van der Waals surface area contributed by atoms with Gasteiger partial charge in [0, 0.05) is 9.13 Å². The summed E-state index contributed by atoms with van der Waals surface area (Å²) in [5.74, 6) is 0.820. The minimum Gasteiger partial charge on any atom is -0.506 e. The Morgan fingerprint density at radius 3 is 2.28 bits per heavy atom. The van der Waals surface area contributed by atoms with Gasteiger partial charge in [-0.05, 0) is 87.4 Å². The quantitative estimate of drug-likeness (QED) is 0.262. The fraction of sp³-hybridized carbons (Fsp3) is 0.389. The predicted molar refractivity (Wildman–Crippen MR) is 108 cm³/mol.